The van der Waals surface area contributed by atoms with Crippen molar-refractivity contribution < 1.29 is 4.79 Å². The molecule has 132 valence electrons. The largest absolute Gasteiger partial charge is 0.350 e. The van der Waals surface area contributed by atoms with Gasteiger partial charge >= 0.3 is 0 Å². The highest BCUT2D eigenvalue weighted by atomic mass is 35.5. The Hall–Kier alpha value is -2.92. The fourth-order valence-corrected chi connectivity index (χ4v) is 2.55. The number of rotatable bonds is 6. The summed E-state index contributed by atoms with van der Waals surface area (Å²) in [6, 6.07) is 15.6. The third-order valence-electron chi connectivity index (χ3n) is 3.88. The molecule has 0 unspecified atom stereocenters. The van der Waals surface area contributed by atoms with Gasteiger partial charge < -0.3 is 10.6 Å². The molecule has 0 aliphatic heterocycles. The van der Waals surface area contributed by atoms with E-state index in [1.54, 1.807) is 0 Å². The van der Waals surface area contributed by atoms with Crippen molar-refractivity contribution in [3.63, 3.8) is 0 Å². The molecule has 26 heavy (non-hydrogen) atoms. The van der Waals surface area contributed by atoms with E-state index in [2.05, 4.69) is 20.6 Å². The van der Waals surface area contributed by atoms with Crippen LogP contribution in [0.25, 0.3) is 0 Å². The van der Waals surface area contributed by atoms with Crippen molar-refractivity contribution in [2.24, 2.45) is 0 Å². The summed E-state index contributed by atoms with van der Waals surface area (Å²) in [5, 5.41) is 6.64. The quantitative estimate of drug-likeness (QED) is 0.692. The maximum atomic E-state index is 12.2. The van der Waals surface area contributed by atoms with Gasteiger partial charge in [-0.15, -0.1) is 0 Å². The molecule has 0 spiro atoms. The molecule has 0 bridgehead atoms. The van der Waals surface area contributed by atoms with Gasteiger partial charge in [-0.2, -0.15) is 0 Å². The first kappa shape index (κ1) is 17.9. The summed E-state index contributed by atoms with van der Waals surface area (Å²) in [4.78, 5) is 20.6. The molecule has 1 amide bonds. The van der Waals surface area contributed by atoms with E-state index in [-0.39, 0.29) is 5.91 Å². The molecule has 5 nitrogen and oxygen atoms in total. The van der Waals surface area contributed by atoms with E-state index in [1.165, 1.54) is 18.0 Å². The topological polar surface area (TPSA) is 66.9 Å². The van der Waals surface area contributed by atoms with Crippen LogP contribution in [-0.4, -0.2) is 15.9 Å². The molecule has 1 heterocycles. The lowest BCUT2D eigenvalue weighted by molar-refractivity contribution is 0.0950. The van der Waals surface area contributed by atoms with Crippen molar-refractivity contribution in [3.05, 3.63) is 88.2 Å². The summed E-state index contributed by atoms with van der Waals surface area (Å²) < 4.78 is 0. The Labute approximate surface area is 157 Å². The molecular weight excluding hydrogens is 348 g/mol. The van der Waals surface area contributed by atoms with Crippen LogP contribution < -0.4 is 10.6 Å². The third kappa shape index (κ3) is 4.80. The number of anilines is 1. The van der Waals surface area contributed by atoms with Gasteiger partial charge in [0.15, 0.2) is 0 Å². The van der Waals surface area contributed by atoms with Crippen molar-refractivity contribution >= 4 is 23.5 Å². The zero-order valence-corrected chi connectivity index (χ0v) is 15.1. The van der Waals surface area contributed by atoms with Crippen LogP contribution >= 0.6 is 11.6 Å². The van der Waals surface area contributed by atoms with Gasteiger partial charge in [-0.3, -0.25) is 4.79 Å². The Bertz CT molecular complexity index is 879. The van der Waals surface area contributed by atoms with Crippen LogP contribution in [0.15, 0.2) is 60.9 Å². The first-order chi connectivity index (χ1) is 12.6. The molecule has 0 saturated carbocycles. The average Bonchev–Trinajstić information content (AvgIpc) is 2.67. The maximum Gasteiger partial charge on any atom is 0.254 e. The standard InChI is InChI=1S/C20H19ClN4O/c1-14-6-8-15(9-7-14)10-22-19(26)17-12-24-20(25-13-17)23-11-16-4-2-3-5-18(16)21/h2-9,12-13H,10-11H2,1H3,(H,22,26)(H,23,24,25). The van der Waals surface area contributed by atoms with E-state index in [0.29, 0.717) is 29.6 Å². The number of nitrogens with zero attached hydrogens (tertiary/aromatic N) is 2. The molecule has 3 aromatic rings. The summed E-state index contributed by atoms with van der Waals surface area (Å²) in [6.07, 6.45) is 3.01. The number of aromatic nitrogens is 2. The summed E-state index contributed by atoms with van der Waals surface area (Å²) in [7, 11) is 0. The van der Waals surface area contributed by atoms with Crippen molar-refractivity contribution in [1.82, 2.24) is 15.3 Å². The molecule has 3 rings (SSSR count). The lowest BCUT2D eigenvalue weighted by Crippen LogP contribution is -2.23. The van der Waals surface area contributed by atoms with Crippen LogP contribution in [-0.2, 0) is 13.1 Å². The van der Waals surface area contributed by atoms with Gasteiger partial charge in [0.1, 0.15) is 0 Å². The minimum Gasteiger partial charge on any atom is -0.350 e. The van der Waals surface area contributed by atoms with E-state index < -0.39 is 0 Å². The summed E-state index contributed by atoms with van der Waals surface area (Å²) in [6.45, 7) is 3.01. The van der Waals surface area contributed by atoms with Crippen molar-refractivity contribution in [2.75, 3.05) is 5.32 Å². The number of carbonyl (C=O) groups excluding carboxylic acids is 1. The van der Waals surface area contributed by atoms with Crippen molar-refractivity contribution in [1.29, 1.82) is 0 Å². The van der Waals surface area contributed by atoms with Crippen LogP contribution in [0.3, 0.4) is 0 Å². The molecule has 0 saturated heterocycles. The fourth-order valence-electron chi connectivity index (χ4n) is 2.34. The van der Waals surface area contributed by atoms with Crippen molar-refractivity contribution in [3.8, 4) is 0 Å². The van der Waals surface area contributed by atoms with Gasteiger partial charge in [0.05, 0.1) is 5.56 Å². The minimum atomic E-state index is -0.205. The highest BCUT2D eigenvalue weighted by Crippen LogP contribution is 2.15. The lowest BCUT2D eigenvalue weighted by atomic mass is 10.1. The molecule has 2 aromatic carbocycles. The molecule has 6 heteroatoms. The number of hydrogen-bond acceptors (Lipinski definition) is 4. The maximum absolute atomic E-state index is 12.2. The number of carbonyl (C=O) groups is 1. The molecule has 0 aliphatic carbocycles. The number of nitrogens with one attached hydrogen (secondary N) is 2. The number of hydrogen-bond donors (Lipinski definition) is 2. The van der Waals surface area contributed by atoms with E-state index in [1.807, 2.05) is 55.5 Å². The predicted octanol–water partition coefficient (Wildman–Crippen LogP) is 3.98. The fraction of sp³-hybridized carbons (Fsp3) is 0.150. The molecule has 0 radical (unpaired) electrons. The number of aryl methyl sites for hydroxylation is 1. The van der Waals surface area contributed by atoms with Crippen LogP contribution in [0.5, 0.6) is 0 Å². The summed E-state index contributed by atoms with van der Waals surface area (Å²) >= 11 is 6.12. The average molecular weight is 367 g/mol. The van der Waals surface area contributed by atoms with Crippen molar-refractivity contribution in [2.45, 2.75) is 20.0 Å². The van der Waals surface area contributed by atoms with E-state index in [0.717, 1.165) is 11.1 Å². The summed E-state index contributed by atoms with van der Waals surface area (Å²) in [5.74, 6) is 0.239. The Balaban J connectivity index is 1.54. The normalized spacial score (nSPS) is 10.4. The predicted molar refractivity (Wildman–Crippen MR) is 103 cm³/mol. The Morgan fingerprint density at radius 2 is 1.69 bits per heavy atom. The van der Waals surface area contributed by atoms with Gasteiger partial charge in [0.25, 0.3) is 5.91 Å². The zero-order chi connectivity index (χ0) is 18.4. The van der Waals surface area contributed by atoms with Gasteiger partial charge in [0, 0.05) is 30.5 Å². The minimum absolute atomic E-state index is 0.205. The van der Waals surface area contributed by atoms with E-state index >= 15 is 0 Å². The Morgan fingerprint density at radius 3 is 2.38 bits per heavy atom. The van der Waals surface area contributed by atoms with Crippen LogP contribution in [0.1, 0.15) is 27.0 Å². The van der Waals surface area contributed by atoms with Crippen LogP contribution in [0, 0.1) is 6.92 Å². The number of halogens is 1. The summed E-state index contributed by atoms with van der Waals surface area (Å²) in [5.41, 5.74) is 3.61. The van der Waals surface area contributed by atoms with Gasteiger partial charge in [-0.1, -0.05) is 59.6 Å². The third-order valence-corrected chi connectivity index (χ3v) is 4.25. The number of amides is 1. The number of benzene rings is 2. The van der Waals surface area contributed by atoms with Gasteiger partial charge in [0.2, 0.25) is 5.95 Å². The molecule has 0 fully saturated rings. The Morgan fingerprint density at radius 1 is 1.00 bits per heavy atom. The molecule has 0 aliphatic rings. The second-order valence-corrected chi connectivity index (χ2v) is 6.32. The van der Waals surface area contributed by atoms with Crippen LogP contribution in [0.4, 0.5) is 5.95 Å². The molecule has 0 atom stereocenters. The second kappa shape index (κ2) is 8.45. The van der Waals surface area contributed by atoms with Gasteiger partial charge in [-0.25, -0.2) is 9.97 Å². The molecule has 1 aromatic heterocycles. The highest BCUT2D eigenvalue weighted by molar-refractivity contribution is 6.31. The monoisotopic (exact) mass is 366 g/mol. The first-order valence-electron chi connectivity index (χ1n) is 8.25. The highest BCUT2D eigenvalue weighted by Gasteiger charge is 2.07. The first-order valence-corrected chi connectivity index (χ1v) is 8.62. The smallest absolute Gasteiger partial charge is 0.254 e. The lowest BCUT2D eigenvalue weighted by Gasteiger charge is -2.08. The van der Waals surface area contributed by atoms with Crippen LogP contribution in [0.2, 0.25) is 5.02 Å². The van der Waals surface area contributed by atoms with Gasteiger partial charge in [-0.05, 0) is 24.1 Å². The second-order valence-electron chi connectivity index (χ2n) is 5.91. The van der Waals surface area contributed by atoms with E-state index in [9.17, 15) is 4.79 Å². The molecular formula is C20H19ClN4O. The Kier molecular flexibility index (Phi) is 5.81. The SMILES string of the molecule is Cc1ccc(CNC(=O)c2cnc(NCc3ccccc3Cl)nc2)cc1. The van der Waals surface area contributed by atoms with E-state index in [4.69, 9.17) is 11.6 Å². The zero-order valence-electron chi connectivity index (χ0n) is 14.4. The molecule has 2 N–H and O–H groups in total.